The van der Waals surface area contributed by atoms with E-state index in [1.54, 1.807) is 7.11 Å². The Kier molecular flexibility index (Phi) is 7.56. The highest BCUT2D eigenvalue weighted by molar-refractivity contribution is 5.79. The van der Waals surface area contributed by atoms with Gasteiger partial charge < -0.3 is 15.4 Å². The predicted octanol–water partition coefficient (Wildman–Crippen LogP) is 2.67. The van der Waals surface area contributed by atoms with Gasteiger partial charge in [0.15, 0.2) is 5.96 Å². The normalized spacial score (nSPS) is 16.6. The Hall–Kier alpha value is -1.75. The highest BCUT2D eigenvalue weighted by Crippen LogP contribution is 2.19. The molecule has 0 spiro atoms. The SMILES string of the molecule is CN=C(NCCc1cccc(OC)c1)NCC(C)(C)N1CCCCC1. The van der Waals surface area contributed by atoms with Crippen LogP contribution >= 0.6 is 0 Å². The third kappa shape index (κ3) is 6.24. The molecule has 1 fully saturated rings. The molecule has 0 aliphatic carbocycles. The summed E-state index contributed by atoms with van der Waals surface area (Å²) in [4.78, 5) is 6.94. The topological polar surface area (TPSA) is 48.9 Å². The first-order valence-electron chi connectivity index (χ1n) is 9.37. The quantitative estimate of drug-likeness (QED) is 0.589. The summed E-state index contributed by atoms with van der Waals surface area (Å²) in [5, 5.41) is 6.90. The van der Waals surface area contributed by atoms with Gasteiger partial charge in [-0.1, -0.05) is 18.6 Å². The van der Waals surface area contributed by atoms with Gasteiger partial charge in [0.2, 0.25) is 0 Å². The molecule has 0 bridgehead atoms. The monoisotopic (exact) mass is 346 g/mol. The standard InChI is InChI=1S/C20H34N4O/c1-20(2,24-13-6-5-7-14-24)16-23-19(21-3)22-12-11-17-9-8-10-18(15-17)25-4/h8-10,15H,5-7,11-14,16H2,1-4H3,(H2,21,22,23). The van der Waals surface area contributed by atoms with Crippen LogP contribution in [0.15, 0.2) is 29.3 Å². The molecule has 0 unspecified atom stereocenters. The number of benzene rings is 1. The van der Waals surface area contributed by atoms with Crippen LogP contribution in [0.3, 0.4) is 0 Å². The lowest BCUT2D eigenvalue weighted by molar-refractivity contribution is 0.0982. The van der Waals surface area contributed by atoms with Crippen LogP contribution in [-0.4, -0.2) is 56.7 Å². The number of nitrogens with one attached hydrogen (secondary N) is 2. The molecule has 2 rings (SSSR count). The lowest BCUT2D eigenvalue weighted by Gasteiger charge is -2.41. The van der Waals surface area contributed by atoms with Gasteiger partial charge in [0.1, 0.15) is 5.75 Å². The average molecular weight is 347 g/mol. The molecular formula is C20H34N4O. The van der Waals surface area contributed by atoms with Crippen LogP contribution in [0.2, 0.25) is 0 Å². The van der Waals surface area contributed by atoms with Crippen molar-refractivity contribution < 1.29 is 4.74 Å². The fourth-order valence-corrected chi connectivity index (χ4v) is 3.28. The minimum atomic E-state index is 0.144. The maximum absolute atomic E-state index is 5.28. The Morgan fingerprint density at radius 3 is 2.64 bits per heavy atom. The van der Waals surface area contributed by atoms with Crippen molar-refractivity contribution in [3.05, 3.63) is 29.8 Å². The number of hydrogen-bond donors (Lipinski definition) is 2. The van der Waals surface area contributed by atoms with Crippen molar-refractivity contribution in [2.24, 2.45) is 4.99 Å². The second-order valence-electron chi connectivity index (χ2n) is 7.31. The number of rotatable bonds is 7. The zero-order valence-corrected chi connectivity index (χ0v) is 16.3. The lowest BCUT2D eigenvalue weighted by Crippen LogP contribution is -2.55. The van der Waals surface area contributed by atoms with Crippen LogP contribution in [0.25, 0.3) is 0 Å². The van der Waals surface area contributed by atoms with Gasteiger partial charge in [-0.3, -0.25) is 9.89 Å². The maximum atomic E-state index is 5.28. The Morgan fingerprint density at radius 1 is 1.20 bits per heavy atom. The first-order chi connectivity index (χ1) is 12.0. The van der Waals surface area contributed by atoms with Gasteiger partial charge in [0, 0.05) is 25.7 Å². The first-order valence-corrected chi connectivity index (χ1v) is 9.37. The van der Waals surface area contributed by atoms with E-state index in [1.165, 1.54) is 37.9 Å². The van der Waals surface area contributed by atoms with Gasteiger partial charge in [-0.05, 0) is 63.9 Å². The molecule has 1 aromatic carbocycles. The summed E-state index contributed by atoms with van der Waals surface area (Å²) >= 11 is 0. The third-order valence-corrected chi connectivity index (χ3v) is 4.96. The van der Waals surface area contributed by atoms with Gasteiger partial charge in [0.25, 0.3) is 0 Å². The van der Waals surface area contributed by atoms with E-state index < -0.39 is 0 Å². The lowest BCUT2D eigenvalue weighted by atomic mass is 9.98. The fraction of sp³-hybridized carbons (Fsp3) is 0.650. The van der Waals surface area contributed by atoms with Crippen molar-refractivity contribution in [2.75, 3.05) is 40.3 Å². The first kappa shape index (κ1) is 19.6. The maximum Gasteiger partial charge on any atom is 0.191 e. The zero-order valence-electron chi connectivity index (χ0n) is 16.3. The predicted molar refractivity (Wildman–Crippen MR) is 106 cm³/mol. The van der Waals surface area contributed by atoms with Crippen molar-refractivity contribution in [3.63, 3.8) is 0 Å². The average Bonchev–Trinajstić information content (AvgIpc) is 2.65. The van der Waals surface area contributed by atoms with E-state index in [-0.39, 0.29) is 5.54 Å². The summed E-state index contributed by atoms with van der Waals surface area (Å²) in [6.07, 6.45) is 4.94. The Balaban J connectivity index is 1.76. The molecule has 140 valence electrons. The molecule has 5 nitrogen and oxygen atoms in total. The molecule has 1 heterocycles. The summed E-state index contributed by atoms with van der Waals surface area (Å²) in [5.74, 6) is 1.77. The molecule has 1 aliphatic heterocycles. The van der Waals surface area contributed by atoms with Crippen molar-refractivity contribution in [1.82, 2.24) is 15.5 Å². The van der Waals surface area contributed by atoms with Crippen molar-refractivity contribution in [1.29, 1.82) is 0 Å². The molecule has 0 amide bonds. The van der Waals surface area contributed by atoms with Gasteiger partial charge in [-0.25, -0.2) is 0 Å². The van der Waals surface area contributed by atoms with Crippen molar-refractivity contribution in [2.45, 2.75) is 45.1 Å². The van der Waals surface area contributed by atoms with Crippen LogP contribution in [-0.2, 0) is 6.42 Å². The molecule has 25 heavy (non-hydrogen) atoms. The second-order valence-corrected chi connectivity index (χ2v) is 7.31. The number of piperidine rings is 1. The van der Waals surface area contributed by atoms with Crippen LogP contribution in [0.5, 0.6) is 5.75 Å². The van der Waals surface area contributed by atoms with E-state index in [9.17, 15) is 0 Å². The van der Waals surface area contributed by atoms with E-state index in [2.05, 4.69) is 46.5 Å². The summed E-state index contributed by atoms with van der Waals surface area (Å²) in [5.41, 5.74) is 1.40. The highest BCUT2D eigenvalue weighted by atomic mass is 16.5. The molecule has 5 heteroatoms. The zero-order chi connectivity index (χ0) is 18.1. The van der Waals surface area contributed by atoms with E-state index in [0.29, 0.717) is 0 Å². The number of aliphatic imine (C=N–C) groups is 1. The van der Waals surface area contributed by atoms with Crippen LogP contribution in [0.1, 0.15) is 38.7 Å². The largest absolute Gasteiger partial charge is 0.497 e. The minimum Gasteiger partial charge on any atom is -0.497 e. The van der Waals surface area contributed by atoms with Crippen LogP contribution < -0.4 is 15.4 Å². The Morgan fingerprint density at radius 2 is 1.96 bits per heavy atom. The number of hydrogen-bond acceptors (Lipinski definition) is 3. The highest BCUT2D eigenvalue weighted by Gasteiger charge is 2.27. The van der Waals surface area contributed by atoms with Crippen molar-refractivity contribution in [3.8, 4) is 5.75 Å². The summed E-state index contributed by atoms with van der Waals surface area (Å²) < 4.78 is 5.28. The van der Waals surface area contributed by atoms with E-state index in [0.717, 1.165) is 31.2 Å². The molecule has 1 saturated heterocycles. The third-order valence-electron chi connectivity index (χ3n) is 4.96. The van der Waals surface area contributed by atoms with Crippen LogP contribution in [0, 0.1) is 0 Å². The van der Waals surface area contributed by atoms with Gasteiger partial charge >= 0.3 is 0 Å². The number of guanidine groups is 1. The van der Waals surface area contributed by atoms with Crippen molar-refractivity contribution >= 4 is 5.96 Å². The van der Waals surface area contributed by atoms with E-state index in [4.69, 9.17) is 4.74 Å². The minimum absolute atomic E-state index is 0.144. The molecule has 0 atom stereocenters. The molecule has 0 radical (unpaired) electrons. The summed E-state index contributed by atoms with van der Waals surface area (Å²) in [7, 11) is 3.53. The van der Waals surface area contributed by atoms with E-state index >= 15 is 0 Å². The molecule has 1 aromatic rings. The van der Waals surface area contributed by atoms with Crippen LogP contribution in [0.4, 0.5) is 0 Å². The fourth-order valence-electron chi connectivity index (χ4n) is 3.28. The number of methoxy groups -OCH3 is 1. The number of ether oxygens (including phenoxy) is 1. The molecular weight excluding hydrogens is 312 g/mol. The Bertz CT molecular complexity index is 550. The summed E-state index contributed by atoms with van der Waals surface area (Å²) in [6.45, 7) is 8.78. The molecule has 0 aromatic heterocycles. The number of nitrogens with zero attached hydrogens (tertiary/aromatic N) is 2. The Labute approximate surface area is 152 Å². The second kappa shape index (κ2) is 9.66. The smallest absolute Gasteiger partial charge is 0.191 e. The van der Waals surface area contributed by atoms with Gasteiger partial charge in [0.05, 0.1) is 7.11 Å². The van der Waals surface area contributed by atoms with Gasteiger partial charge in [-0.2, -0.15) is 0 Å². The number of likely N-dealkylation sites (tertiary alicyclic amines) is 1. The molecule has 2 N–H and O–H groups in total. The molecule has 1 aliphatic rings. The van der Waals surface area contributed by atoms with Gasteiger partial charge in [-0.15, -0.1) is 0 Å². The summed E-state index contributed by atoms with van der Waals surface area (Å²) in [6, 6.07) is 8.21. The van der Waals surface area contributed by atoms with E-state index in [1.807, 2.05) is 19.2 Å². The molecule has 0 saturated carbocycles.